The first kappa shape index (κ1) is 15.6. The maximum atomic E-state index is 13.7. The largest absolute Gasteiger partial charge is 0.494 e. The van der Waals surface area contributed by atoms with Crippen LogP contribution in [0.15, 0.2) is 12.1 Å². The second-order valence-electron chi connectivity index (χ2n) is 5.36. The highest BCUT2D eigenvalue weighted by Crippen LogP contribution is 2.26. The fraction of sp³-hybridized carbons (Fsp3) is 0.562. The molecule has 0 spiro atoms. The molecule has 0 atom stereocenters. The van der Waals surface area contributed by atoms with E-state index >= 15 is 0 Å². The van der Waals surface area contributed by atoms with E-state index in [1.54, 1.807) is 6.07 Å². The molecule has 2 rings (SSSR count). The van der Waals surface area contributed by atoms with E-state index in [2.05, 4.69) is 11.9 Å². The van der Waals surface area contributed by atoms with Gasteiger partial charge in [0.1, 0.15) is 0 Å². The second kappa shape index (κ2) is 7.29. The Balaban J connectivity index is 2.06. The minimum Gasteiger partial charge on any atom is -0.494 e. The van der Waals surface area contributed by atoms with Crippen molar-refractivity contribution >= 4 is 17.0 Å². The highest BCUT2D eigenvalue weighted by atomic mass is 19.1. The third-order valence-electron chi connectivity index (χ3n) is 3.79. The Hall–Kier alpha value is -1.78. The van der Waals surface area contributed by atoms with Gasteiger partial charge in [-0.3, -0.25) is 0 Å². The van der Waals surface area contributed by atoms with Gasteiger partial charge in [0, 0.05) is 18.7 Å². The zero-order valence-electron chi connectivity index (χ0n) is 12.9. The number of aromatic nitrogens is 2. The van der Waals surface area contributed by atoms with E-state index in [0.717, 1.165) is 18.5 Å². The standard InChI is InChI=1S/C16H24FN3O/c1-3-4-5-6-7-8-9-20-14-11-15(21-2)12(17)10-13(14)19-16(20)18/h10-11H,3-9H2,1-2H3,(H2,18,19). The van der Waals surface area contributed by atoms with Gasteiger partial charge < -0.3 is 15.0 Å². The van der Waals surface area contributed by atoms with Crippen molar-refractivity contribution in [2.75, 3.05) is 12.8 Å². The molecule has 116 valence electrons. The van der Waals surface area contributed by atoms with Crippen molar-refractivity contribution in [2.24, 2.45) is 0 Å². The van der Waals surface area contributed by atoms with E-state index in [0.29, 0.717) is 11.5 Å². The van der Waals surface area contributed by atoms with E-state index in [1.807, 2.05) is 4.57 Å². The lowest BCUT2D eigenvalue weighted by Gasteiger charge is -2.07. The molecule has 0 fully saturated rings. The van der Waals surface area contributed by atoms with Crippen LogP contribution in [0.1, 0.15) is 45.4 Å². The van der Waals surface area contributed by atoms with Crippen molar-refractivity contribution in [3.63, 3.8) is 0 Å². The number of methoxy groups -OCH3 is 1. The topological polar surface area (TPSA) is 53.1 Å². The minimum absolute atomic E-state index is 0.228. The lowest BCUT2D eigenvalue weighted by atomic mass is 10.1. The summed E-state index contributed by atoms with van der Waals surface area (Å²) in [6, 6.07) is 3.05. The van der Waals surface area contributed by atoms with Crippen LogP contribution >= 0.6 is 0 Å². The predicted octanol–water partition coefficient (Wildman–Crippen LogP) is 4.13. The second-order valence-corrected chi connectivity index (χ2v) is 5.36. The highest BCUT2D eigenvalue weighted by molar-refractivity contribution is 5.80. The molecule has 1 aromatic heterocycles. The summed E-state index contributed by atoms with van der Waals surface area (Å²) in [4.78, 5) is 4.22. The fourth-order valence-corrected chi connectivity index (χ4v) is 2.59. The quantitative estimate of drug-likeness (QED) is 0.745. The number of rotatable bonds is 8. The lowest BCUT2D eigenvalue weighted by molar-refractivity contribution is 0.387. The smallest absolute Gasteiger partial charge is 0.201 e. The predicted molar refractivity (Wildman–Crippen MR) is 84.0 cm³/mol. The molecule has 21 heavy (non-hydrogen) atoms. The molecule has 1 aromatic carbocycles. The zero-order chi connectivity index (χ0) is 15.2. The third-order valence-corrected chi connectivity index (χ3v) is 3.79. The van der Waals surface area contributed by atoms with E-state index in [1.165, 1.54) is 45.3 Å². The van der Waals surface area contributed by atoms with Crippen molar-refractivity contribution < 1.29 is 9.13 Å². The molecule has 0 radical (unpaired) electrons. The van der Waals surface area contributed by atoms with Crippen molar-refractivity contribution in [3.05, 3.63) is 17.9 Å². The Labute approximate surface area is 125 Å². The van der Waals surface area contributed by atoms with Gasteiger partial charge in [-0.25, -0.2) is 9.37 Å². The molecule has 0 saturated carbocycles. The Kier molecular flexibility index (Phi) is 5.42. The molecule has 1 heterocycles. The zero-order valence-corrected chi connectivity index (χ0v) is 12.9. The van der Waals surface area contributed by atoms with Crippen molar-refractivity contribution in [2.45, 2.75) is 52.0 Å². The summed E-state index contributed by atoms with van der Waals surface area (Å²) in [6.45, 7) is 3.02. The van der Waals surface area contributed by atoms with Crippen molar-refractivity contribution in [1.29, 1.82) is 0 Å². The van der Waals surface area contributed by atoms with E-state index < -0.39 is 5.82 Å². The molecule has 0 unspecified atom stereocenters. The van der Waals surface area contributed by atoms with Gasteiger partial charge in [0.15, 0.2) is 11.6 Å². The van der Waals surface area contributed by atoms with Gasteiger partial charge in [-0.1, -0.05) is 39.0 Å². The first-order valence-electron chi connectivity index (χ1n) is 7.66. The number of nitrogen functional groups attached to an aromatic ring is 1. The Morgan fingerprint density at radius 3 is 2.62 bits per heavy atom. The van der Waals surface area contributed by atoms with Crippen LogP contribution in [0.25, 0.3) is 11.0 Å². The summed E-state index contributed by atoms with van der Waals surface area (Å²) >= 11 is 0. The molecule has 0 saturated heterocycles. The number of aryl methyl sites for hydroxylation is 1. The van der Waals surface area contributed by atoms with Gasteiger partial charge in [0.25, 0.3) is 0 Å². The number of fused-ring (bicyclic) bond motifs is 1. The normalized spacial score (nSPS) is 11.2. The number of hydrogen-bond acceptors (Lipinski definition) is 3. The number of benzene rings is 1. The average Bonchev–Trinajstić information content (AvgIpc) is 2.76. The molecule has 0 aliphatic rings. The molecule has 5 heteroatoms. The van der Waals surface area contributed by atoms with Crippen LogP contribution in [0.3, 0.4) is 0 Å². The van der Waals surface area contributed by atoms with Gasteiger partial charge >= 0.3 is 0 Å². The van der Waals surface area contributed by atoms with Crippen LogP contribution in [-0.4, -0.2) is 16.7 Å². The van der Waals surface area contributed by atoms with E-state index in [4.69, 9.17) is 10.5 Å². The Morgan fingerprint density at radius 1 is 1.19 bits per heavy atom. The summed E-state index contributed by atoms with van der Waals surface area (Å²) in [6.07, 6.45) is 7.32. The summed E-state index contributed by atoms with van der Waals surface area (Å²) < 4.78 is 20.6. The number of halogens is 1. The maximum Gasteiger partial charge on any atom is 0.201 e. The van der Waals surface area contributed by atoms with Gasteiger partial charge in [-0.2, -0.15) is 0 Å². The van der Waals surface area contributed by atoms with Gasteiger partial charge in [-0.05, 0) is 6.42 Å². The monoisotopic (exact) mass is 293 g/mol. The van der Waals surface area contributed by atoms with Crippen molar-refractivity contribution in [1.82, 2.24) is 9.55 Å². The number of nitrogens with zero attached hydrogens (tertiary/aromatic N) is 2. The maximum absolute atomic E-state index is 13.7. The van der Waals surface area contributed by atoms with Gasteiger partial charge in [0.05, 0.1) is 18.1 Å². The summed E-state index contributed by atoms with van der Waals surface area (Å²) in [5.74, 6) is 0.257. The summed E-state index contributed by atoms with van der Waals surface area (Å²) in [7, 11) is 1.46. The number of unbranched alkanes of at least 4 members (excludes halogenated alkanes) is 5. The fourth-order valence-electron chi connectivity index (χ4n) is 2.59. The molecular weight excluding hydrogens is 269 g/mol. The Morgan fingerprint density at radius 2 is 1.90 bits per heavy atom. The minimum atomic E-state index is -0.408. The van der Waals surface area contributed by atoms with Crippen LogP contribution in [-0.2, 0) is 6.54 Å². The van der Waals surface area contributed by atoms with Crippen LogP contribution < -0.4 is 10.5 Å². The molecule has 0 amide bonds. The molecular formula is C16H24FN3O. The first-order valence-corrected chi connectivity index (χ1v) is 7.66. The van der Waals surface area contributed by atoms with Gasteiger partial charge in [-0.15, -0.1) is 0 Å². The Bertz CT molecular complexity index is 595. The van der Waals surface area contributed by atoms with Gasteiger partial charge in [0.2, 0.25) is 5.95 Å². The van der Waals surface area contributed by atoms with E-state index in [9.17, 15) is 4.39 Å². The highest BCUT2D eigenvalue weighted by Gasteiger charge is 2.12. The number of anilines is 1. The summed E-state index contributed by atoms with van der Waals surface area (Å²) in [5.41, 5.74) is 7.36. The van der Waals surface area contributed by atoms with E-state index in [-0.39, 0.29) is 5.75 Å². The third kappa shape index (κ3) is 3.65. The number of imidazole rings is 1. The van der Waals surface area contributed by atoms with Crippen LogP contribution in [0.2, 0.25) is 0 Å². The molecule has 4 nitrogen and oxygen atoms in total. The average molecular weight is 293 g/mol. The van der Waals surface area contributed by atoms with Crippen molar-refractivity contribution in [3.8, 4) is 5.75 Å². The number of hydrogen-bond donors (Lipinski definition) is 1. The first-order chi connectivity index (χ1) is 10.2. The molecule has 0 aliphatic heterocycles. The lowest BCUT2D eigenvalue weighted by Crippen LogP contribution is -2.03. The number of nitrogens with two attached hydrogens (primary N) is 1. The number of ether oxygens (including phenoxy) is 1. The SMILES string of the molecule is CCCCCCCCn1c(N)nc2cc(F)c(OC)cc21. The molecule has 2 N–H and O–H groups in total. The molecule has 0 bridgehead atoms. The molecule has 2 aromatic rings. The molecule has 0 aliphatic carbocycles. The van der Waals surface area contributed by atoms with Crippen LogP contribution in [0.4, 0.5) is 10.3 Å². The van der Waals surface area contributed by atoms with Crippen LogP contribution in [0, 0.1) is 5.82 Å². The van der Waals surface area contributed by atoms with Crippen LogP contribution in [0.5, 0.6) is 5.75 Å². The summed E-state index contributed by atoms with van der Waals surface area (Å²) in [5, 5.41) is 0.